The minimum absolute atomic E-state index is 0.0459. The van der Waals surface area contributed by atoms with Gasteiger partial charge in [0.2, 0.25) is 0 Å². The smallest absolute Gasteiger partial charge is 0.268 e. The van der Waals surface area contributed by atoms with Crippen molar-refractivity contribution in [3.8, 4) is 5.75 Å². The van der Waals surface area contributed by atoms with Crippen LogP contribution in [0.15, 0.2) is 6.20 Å². The monoisotopic (exact) mass is 203 g/mol. The fourth-order valence-corrected chi connectivity index (χ4v) is 1.11. The van der Waals surface area contributed by atoms with Crippen LogP contribution in [0.2, 0.25) is 0 Å². The zero-order valence-electron chi connectivity index (χ0n) is 7.63. The number of nitrogen functional groups attached to an aromatic ring is 1. The number of methoxy groups -OCH3 is 1. The summed E-state index contributed by atoms with van der Waals surface area (Å²) in [5, 5.41) is 0. The number of nitrogens with two attached hydrogens (primary N) is 2. The molecule has 0 fully saturated rings. The molecular weight excluding hydrogens is 192 g/mol. The molecule has 6 heteroatoms. The van der Waals surface area contributed by atoms with E-state index in [2.05, 4.69) is 4.98 Å². The first kappa shape index (κ1) is 10.6. The third kappa shape index (κ3) is 1.74. The molecule has 0 radical (unpaired) electrons. The van der Waals surface area contributed by atoms with Crippen molar-refractivity contribution in [2.24, 2.45) is 5.73 Å². The van der Waals surface area contributed by atoms with Gasteiger partial charge in [-0.3, -0.25) is 4.98 Å². The molecule has 0 atom stereocenters. The molecule has 4 nitrogen and oxygen atoms in total. The quantitative estimate of drug-likeness (QED) is 0.770. The molecule has 0 saturated carbocycles. The van der Waals surface area contributed by atoms with Crippen LogP contribution in [0.1, 0.15) is 17.7 Å². The number of alkyl halides is 2. The first-order valence-corrected chi connectivity index (χ1v) is 3.91. The molecule has 0 aliphatic carbocycles. The van der Waals surface area contributed by atoms with Crippen molar-refractivity contribution in [1.82, 2.24) is 4.98 Å². The fraction of sp³-hybridized carbons (Fsp3) is 0.375. The van der Waals surface area contributed by atoms with Crippen LogP contribution in [0.3, 0.4) is 0 Å². The second-order valence-corrected chi connectivity index (χ2v) is 2.61. The van der Waals surface area contributed by atoms with Gasteiger partial charge >= 0.3 is 0 Å². The van der Waals surface area contributed by atoms with E-state index in [1.54, 1.807) is 0 Å². The lowest BCUT2D eigenvalue weighted by Gasteiger charge is -2.12. The van der Waals surface area contributed by atoms with E-state index < -0.39 is 6.43 Å². The van der Waals surface area contributed by atoms with Crippen LogP contribution >= 0.6 is 0 Å². The van der Waals surface area contributed by atoms with Gasteiger partial charge in [0.05, 0.1) is 24.1 Å². The Morgan fingerprint density at radius 3 is 2.64 bits per heavy atom. The second kappa shape index (κ2) is 4.19. The molecule has 0 aliphatic heterocycles. The number of pyridine rings is 1. The van der Waals surface area contributed by atoms with Gasteiger partial charge in [-0.1, -0.05) is 0 Å². The number of nitrogens with zero attached hydrogens (tertiary/aromatic N) is 1. The minimum atomic E-state index is -2.66. The van der Waals surface area contributed by atoms with E-state index in [0.717, 1.165) is 6.20 Å². The molecule has 0 spiro atoms. The molecule has 1 rings (SSSR count). The molecule has 78 valence electrons. The topological polar surface area (TPSA) is 74.2 Å². The van der Waals surface area contributed by atoms with E-state index >= 15 is 0 Å². The lowest BCUT2D eigenvalue weighted by molar-refractivity contribution is 0.146. The molecular formula is C8H11F2N3O. The van der Waals surface area contributed by atoms with Crippen molar-refractivity contribution in [3.05, 3.63) is 17.5 Å². The SMILES string of the molecule is COc1c(C(F)F)cnc(CN)c1N. The van der Waals surface area contributed by atoms with Crippen LogP contribution in [0.25, 0.3) is 0 Å². The first-order valence-electron chi connectivity index (χ1n) is 3.91. The molecule has 0 aliphatic rings. The largest absolute Gasteiger partial charge is 0.494 e. The molecule has 0 saturated heterocycles. The third-order valence-electron chi connectivity index (χ3n) is 1.81. The summed E-state index contributed by atoms with van der Waals surface area (Å²) in [5.74, 6) is -0.0459. The summed E-state index contributed by atoms with van der Waals surface area (Å²) in [6.45, 7) is 0.0890. The predicted molar refractivity (Wildman–Crippen MR) is 48.0 cm³/mol. The van der Waals surface area contributed by atoms with Gasteiger partial charge in [-0.25, -0.2) is 8.78 Å². The summed E-state index contributed by atoms with van der Waals surface area (Å²) in [6, 6.07) is 0. The van der Waals surface area contributed by atoms with E-state index in [9.17, 15) is 8.78 Å². The molecule has 1 aromatic rings. The van der Waals surface area contributed by atoms with E-state index in [4.69, 9.17) is 16.2 Å². The number of hydrogen-bond acceptors (Lipinski definition) is 4. The molecule has 1 heterocycles. The van der Waals surface area contributed by atoms with E-state index in [0.29, 0.717) is 5.69 Å². The van der Waals surface area contributed by atoms with Gasteiger partial charge in [0.1, 0.15) is 0 Å². The Balaban J connectivity index is 3.28. The second-order valence-electron chi connectivity index (χ2n) is 2.61. The van der Waals surface area contributed by atoms with Crippen LogP contribution in [0.4, 0.5) is 14.5 Å². The molecule has 1 aromatic heterocycles. The number of anilines is 1. The maximum atomic E-state index is 12.4. The molecule has 0 amide bonds. The summed E-state index contributed by atoms with van der Waals surface area (Å²) in [7, 11) is 1.28. The number of halogens is 2. The Hall–Kier alpha value is -1.43. The summed E-state index contributed by atoms with van der Waals surface area (Å²) in [6.07, 6.45) is -1.63. The van der Waals surface area contributed by atoms with Gasteiger partial charge in [0, 0.05) is 12.7 Å². The van der Waals surface area contributed by atoms with Gasteiger partial charge in [0.15, 0.2) is 5.75 Å². The highest BCUT2D eigenvalue weighted by Crippen LogP contribution is 2.34. The summed E-state index contributed by atoms with van der Waals surface area (Å²) in [5.41, 5.74) is 11.0. The van der Waals surface area contributed by atoms with Crippen LogP contribution in [0.5, 0.6) is 5.75 Å². The highest BCUT2D eigenvalue weighted by atomic mass is 19.3. The van der Waals surface area contributed by atoms with Crippen molar-refractivity contribution in [2.45, 2.75) is 13.0 Å². The van der Waals surface area contributed by atoms with Crippen LogP contribution in [0, 0.1) is 0 Å². The Morgan fingerprint density at radius 2 is 2.21 bits per heavy atom. The zero-order chi connectivity index (χ0) is 10.7. The molecule has 0 unspecified atom stereocenters. The average Bonchev–Trinajstić information content (AvgIpc) is 2.17. The lowest BCUT2D eigenvalue weighted by atomic mass is 10.2. The third-order valence-corrected chi connectivity index (χ3v) is 1.81. The van der Waals surface area contributed by atoms with E-state index in [1.807, 2.05) is 0 Å². The summed E-state index contributed by atoms with van der Waals surface area (Å²) < 4.78 is 29.6. The van der Waals surface area contributed by atoms with Crippen molar-refractivity contribution in [3.63, 3.8) is 0 Å². The standard InChI is InChI=1S/C8H11F2N3O/c1-14-7-4(8(9)10)3-13-5(2-11)6(7)12/h3,8H,2,11-12H2,1H3. The maximum Gasteiger partial charge on any atom is 0.268 e. The van der Waals surface area contributed by atoms with Crippen molar-refractivity contribution in [2.75, 3.05) is 12.8 Å². The summed E-state index contributed by atoms with van der Waals surface area (Å²) in [4.78, 5) is 3.72. The van der Waals surface area contributed by atoms with Gasteiger partial charge in [-0.15, -0.1) is 0 Å². The molecule has 0 aromatic carbocycles. The van der Waals surface area contributed by atoms with Gasteiger partial charge in [-0.2, -0.15) is 0 Å². The Morgan fingerprint density at radius 1 is 1.57 bits per heavy atom. The lowest BCUT2D eigenvalue weighted by Crippen LogP contribution is -2.08. The number of hydrogen-bond donors (Lipinski definition) is 2. The fourth-order valence-electron chi connectivity index (χ4n) is 1.11. The predicted octanol–water partition coefficient (Wildman–Crippen LogP) is 1.07. The number of rotatable bonds is 3. The Bertz CT molecular complexity index is 331. The summed E-state index contributed by atoms with van der Waals surface area (Å²) >= 11 is 0. The Kier molecular flexibility index (Phi) is 3.19. The van der Waals surface area contributed by atoms with Crippen LogP contribution in [-0.4, -0.2) is 12.1 Å². The zero-order valence-corrected chi connectivity index (χ0v) is 7.63. The minimum Gasteiger partial charge on any atom is -0.494 e. The molecule has 14 heavy (non-hydrogen) atoms. The molecule has 4 N–H and O–H groups in total. The van der Waals surface area contributed by atoms with Gasteiger partial charge < -0.3 is 16.2 Å². The van der Waals surface area contributed by atoms with E-state index in [1.165, 1.54) is 7.11 Å². The Labute approximate surface area is 79.9 Å². The van der Waals surface area contributed by atoms with Crippen molar-refractivity contribution in [1.29, 1.82) is 0 Å². The van der Waals surface area contributed by atoms with Crippen molar-refractivity contribution < 1.29 is 13.5 Å². The van der Waals surface area contributed by atoms with Crippen LogP contribution in [-0.2, 0) is 6.54 Å². The van der Waals surface area contributed by atoms with Crippen molar-refractivity contribution >= 4 is 5.69 Å². The molecule has 0 bridgehead atoms. The average molecular weight is 203 g/mol. The number of aromatic nitrogens is 1. The van der Waals surface area contributed by atoms with Crippen LogP contribution < -0.4 is 16.2 Å². The first-order chi connectivity index (χ1) is 6.61. The maximum absolute atomic E-state index is 12.4. The normalized spacial score (nSPS) is 10.6. The van der Waals surface area contributed by atoms with Gasteiger partial charge in [0.25, 0.3) is 6.43 Å². The highest BCUT2D eigenvalue weighted by molar-refractivity contribution is 5.59. The number of ether oxygens (including phenoxy) is 1. The van der Waals surface area contributed by atoms with E-state index in [-0.39, 0.29) is 23.5 Å². The van der Waals surface area contributed by atoms with Gasteiger partial charge in [-0.05, 0) is 0 Å². The highest BCUT2D eigenvalue weighted by Gasteiger charge is 2.18.